The van der Waals surface area contributed by atoms with Crippen LogP contribution in [0.1, 0.15) is 24.0 Å². The summed E-state index contributed by atoms with van der Waals surface area (Å²) in [7, 11) is 0. The largest absolute Gasteiger partial charge is 0.472 e. The molecule has 0 saturated heterocycles. The third-order valence-electron chi connectivity index (χ3n) is 3.20. The van der Waals surface area contributed by atoms with Crippen LogP contribution in [0.4, 0.5) is 0 Å². The van der Waals surface area contributed by atoms with Gasteiger partial charge in [-0.25, -0.2) is 0 Å². The highest BCUT2D eigenvalue weighted by molar-refractivity contribution is 5.63. The summed E-state index contributed by atoms with van der Waals surface area (Å²) in [5.41, 5.74) is 5.53. The van der Waals surface area contributed by atoms with Gasteiger partial charge in [0, 0.05) is 5.56 Å². The lowest BCUT2D eigenvalue weighted by Gasteiger charge is -2.16. The third-order valence-corrected chi connectivity index (χ3v) is 3.20. The molecule has 76 valence electrons. The fourth-order valence-electron chi connectivity index (χ4n) is 2.34. The Labute approximate surface area is 89.7 Å². The number of fused-ring (bicyclic) bond motifs is 1. The number of rotatable bonds is 1. The monoisotopic (exact) mass is 198 g/mol. The number of hydrogen-bond donors (Lipinski definition) is 0. The van der Waals surface area contributed by atoms with Gasteiger partial charge in [0.1, 0.15) is 0 Å². The standard InChI is InChI=1S/C14H14O/c1-2-4-12-9-13(6-5-11(12)3-1)14-7-8-15-10-14/h5-10H,1-4H2. The topological polar surface area (TPSA) is 13.1 Å². The van der Waals surface area contributed by atoms with Gasteiger partial charge in [-0.15, -0.1) is 0 Å². The molecule has 1 heterocycles. The summed E-state index contributed by atoms with van der Waals surface area (Å²) in [6.45, 7) is 0. The van der Waals surface area contributed by atoms with E-state index in [0.717, 1.165) is 0 Å². The fraction of sp³-hybridized carbons (Fsp3) is 0.286. The van der Waals surface area contributed by atoms with Crippen molar-refractivity contribution in [2.45, 2.75) is 25.7 Å². The number of furan rings is 1. The Morgan fingerprint density at radius 2 is 1.73 bits per heavy atom. The van der Waals surface area contributed by atoms with E-state index < -0.39 is 0 Å². The van der Waals surface area contributed by atoms with Gasteiger partial charge in [-0.3, -0.25) is 0 Å². The fourth-order valence-corrected chi connectivity index (χ4v) is 2.34. The molecule has 0 fully saturated rings. The maximum absolute atomic E-state index is 5.11. The summed E-state index contributed by atoms with van der Waals surface area (Å²) in [4.78, 5) is 0. The summed E-state index contributed by atoms with van der Waals surface area (Å²) >= 11 is 0. The molecule has 0 unspecified atom stereocenters. The second-order valence-electron chi connectivity index (χ2n) is 4.20. The SMILES string of the molecule is c1cc(-c2ccc3c(c2)CCCC3)co1. The van der Waals surface area contributed by atoms with E-state index in [1.165, 1.54) is 47.9 Å². The highest BCUT2D eigenvalue weighted by Gasteiger charge is 2.10. The lowest BCUT2D eigenvalue weighted by atomic mass is 9.89. The minimum atomic E-state index is 1.18. The van der Waals surface area contributed by atoms with Crippen molar-refractivity contribution in [3.05, 3.63) is 47.9 Å². The molecule has 3 rings (SSSR count). The molecule has 0 bridgehead atoms. The van der Waals surface area contributed by atoms with Crippen LogP contribution in [-0.4, -0.2) is 0 Å². The van der Waals surface area contributed by atoms with Gasteiger partial charge in [0.2, 0.25) is 0 Å². The molecule has 1 aliphatic rings. The van der Waals surface area contributed by atoms with Crippen LogP contribution in [0.15, 0.2) is 41.2 Å². The first-order valence-electron chi connectivity index (χ1n) is 5.58. The molecule has 0 aliphatic heterocycles. The molecule has 0 radical (unpaired) electrons. The smallest absolute Gasteiger partial charge is 0.0980 e. The normalized spacial score (nSPS) is 14.9. The summed E-state index contributed by atoms with van der Waals surface area (Å²) in [6.07, 6.45) is 8.71. The molecule has 15 heavy (non-hydrogen) atoms. The molecule has 1 aromatic carbocycles. The van der Waals surface area contributed by atoms with Gasteiger partial charge in [-0.1, -0.05) is 18.2 Å². The molecule has 0 spiro atoms. The maximum Gasteiger partial charge on any atom is 0.0980 e. The zero-order chi connectivity index (χ0) is 10.1. The van der Waals surface area contributed by atoms with Crippen molar-refractivity contribution >= 4 is 0 Å². The maximum atomic E-state index is 5.11. The molecule has 1 heteroatoms. The lowest BCUT2D eigenvalue weighted by molar-refractivity contribution is 0.568. The Balaban J connectivity index is 2.04. The van der Waals surface area contributed by atoms with Crippen LogP contribution in [0.3, 0.4) is 0 Å². The highest BCUT2D eigenvalue weighted by Crippen LogP contribution is 2.27. The average molecular weight is 198 g/mol. The molecule has 1 nitrogen and oxygen atoms in total. The Hall–Kier alpha value is -1.50. The summed E-state index contributed by atoms with van der Waals surface area (Å²) < 4.78 is 5.11. The van der Waals surface area contributed by atoms with Gasteiger partial charge < -0.3 is 4.42 Å². The second-order valence-corrected chi connectivity index (χ2v) is 4.20. The van der Waals surface area contributed by atoms with Crippen molar-refractivity contribution in [3.63, 3.8) is 0 Å². The first kappa shape index (κ1) is 8.78. The third kappa shape index (κ3) is 1.58. The van der Waals surface area contributed by atoms with Crippen molar-refractivity contribution in [1.82, 2.24) is 0 Å². The molecule has 1 aromatic heterocycles. The Morgan fingerprint density at radius 3 is 2.53 bits per heavy atom. The minimum absolute atomic E-state index is 1.18. The van der Waals surface area contributed by atoms with Gasteiger partial charge in [0.15, 0.2) is 0 Å². The van der Waals surface area contributed by atoms with Gasteiger partial charge in [0.05, 0.1) is 12.5 Å². The quantitative estimate of drug-likeness (QED) is 0.678. The molecule has 0 amide bonds. The average Bonchev–Trinajstić information content (AvgIpc) is 2.82. The molecule has 0 saturated carbocycles. The number of aryl methyl sites for hydroxylation is 2. The van der Waals surface area contributed by atoms with Crippen molar-refractivity contribution in [2.24, 2.45) is 0 Å². The van der Waals surface area contributed by atoms with E-state index in [9.17, 15) is 0 Å². The van der Waals surface area contributed by atoms with E-state index in [0.29, 0.717) is 0 Å². The van der Waals surface area contributed by atoms with Gasteiger partial charge in [-0.05, 0) is 48.4 Å². The molecule has 2 aromatic rings. The Morgan fingerprint density at radius 1 is 0.867 bits per heavy atom. The Bertz CT molecular complexity index is 454. The van der Waals surface area contributed by atoms with Crippen LogP contribution >= 0.6 is 0 Å². The highest BCUT2D eigenvalue weighted by atomic mass is 16.3. The predicted molar refractivity (Wildman–Crippen MR) is 60.8 cm³/mol. The van der Waals surface area contributed by atoms with Crippen LogP contribution in [0, 0.1) is 0 Å². The van der Waals surface area contributed by atoms with Gasteiger partial charge in [-0.2, -0.15) is 0 Å². The zero-order valence-electron chi connectivity index (χ0n) is 8.70. The van der Waals surface area contributed by atoms with E-state index in [4.69, 9.17) is 4.42 Å². The van der Waals surface area contributed by atoms with E-state index in [1.807, 2.05) is 12.3 Å². The van der Waals surface area contributed by atoms with E-state index in [1.54, 1.807) is 6.26 Å². The van der Waals surface area contributed by atoms with Crippen molar-refractivity contribution in [2.75, 3.05) is 0 Å². The molecule has 0 N–H and O–H groups in total. The summed E-state index contributed by atoms with van der Waals surface area (Å²) in [5, 5.41) is 0. The van der Waals surface area contributed by atoms with Crippen LogP contribution in [0.2, 0.25) is 0 Å². The summed E-state index contributed by atoms with van der Waals surface area (Å²) in [5.74, 6) is 0. The van der Waals surface area contributed by atoms with E-state index >= 15 is 0 Å². The molecule has 0 atom stereocenters. The van der Waals surface area contributed by atoms with Gasteiger partial charge in [0.25, 0.3) is 0 Å². The van der Waals surface area contributed by atoms with E-state index in [2.05, 4.69) is 18.2 Å². The van der Waals surface area contributed by atoms with Crippen molar-refractivity contribution < 1.29 is 4.42 Å². The predicted octanol–water partition coefficient (Wildman–Crippen LogP) is 3.83. The van der Waals surface area contributed by atoms with Crippen molar-refractivity contribution in [1.29, 1.82) is 0 Å². The van der Waals surface area contributed by atoms with Gasteiger partial charge >= 0.3 is 0 Å². The number of hydrogen-bond acceptors (Lipinski definition) is 1. The molecule has 1 aliphatic carbocycles. The number of benzene rings is 1. The zero-order valence-corrected chi connectivity index (χ0v) is 8.70. The lowest BCUT2D eigenvalue weighted by Crippen LogP contribution is -2.01. The van der Waals surface area contributed by atoms with E-state index in [-0.39, 0.29) is 0 Å². The first-order valence-corrected chi connectivity index (χ1v) is 5.58. The minimum Gasteiger partial charge on any atom is -0.472 e. The van der Waals surface area contributed by atoms with Crippen LogP contribution in [0.5, 0.6) is 0 Å². The Kier molecular flexibility index (Phi) is 2.09. The summed E-state index contributed by atoms with van der Waals surface area (Å²) in [6, 6.07) is 8.82. The van der Waals surface area contributed by atoms with Crippen LogP contribution in [0.25, 0.3) is 11.1 Å². The van der Waals surface area contributed by atoms with Crippen LogP contribution in [-0.2, 0) is 12.8 Å². The first-order chi connectivity index (χ1) is 7.43. The van der Waals surface area contributed by atoms with Crippen LogP contribution < -0.4 is 0 Å². The molecular weight excluding hydrogens is 184 g/mol. The molecular formula is C14H14O. The second kappa shape index (κ2) is 3.58. The van der Waals surface area contributed by atoms with Crippen molar-refractivity contribution in [3.8, 4) is 11.1 Å².